The number of rotatable bonds is 7. The van der Waals surface area contributed by atoms with Crippen LogP contribution in [0.4, 0.5) is 30.5 Å². The number of halogens is 3. The molecule has 8 heteroatoms. The Morgan fingerprint density at radius 1 is 0.964 bits per heavy atom. The lowest BCUT2D eigenvalue weighted by molar-refractivity contribution is 0.414. The third-order valence-corrected chi connectivity index (χ3v) is 3.99. The van der Waals surface area contributed by atoms with Crippen molar-refractivity contribution in [2.75, 3.05) is 24.3 Å². The quantitative estimate of drug-likeness (QED) is 0.579. The van der Waals surface area contributed by atoms with Gasteiger partial charge in [0.25, 0.3) is 0 Å². The van der Waals surface area contributed by atoms with Gasteiger partial charge in [-0.25, -0.2) is 23.1 Å². The number of hydrogen-bond donors (Lipinski definition) is 2. The Morgan fingerprint density at radius 2 is 1.75 bits per heavy atom. The number of anilines is 3. The summed E-state index contributed by atoms with van der Waals surface area (Å²) < 4.78 is 45.5. The largest absolute Gasteiger partial charge is 0.497 e. The highest BCUT2D eigenvalue weighted by molar-refractivity contribution is 5.60. The van der Waals surface area contributed by atoms with Crippen molar-refractivity contribution in [3.8, 4) is 5.75 Å². The zero-order valence-corrected chi connectivity index (χ0v) is 15.4. The van der Waals surface area contributed by atoms with E-state index in [-0.39, 0.29) is 11.5 Å². The first-order valence-electron chi connectivity index (χ1n) is 8.59. The Morgan fingerprint density at radius 3 is 2.54 bits per heavy atom. The first kappa shape index (κ1) is 19.5. The van der Waals surface area contributed by atoms with Crippen LogP contribution in [-0.2, 0) is 6.42 Å². The van der Waals surface area contributed by atoms with E-state index in [0.717, 1.165) is 29.9 Å². The molecule has 0 unspecified atom stereocenters. The fourth-order valence-corrected chi connectivity index (χ4v) is 2.65. The number of aromatic nitrogens is 2. The summed E-state index contributed by atoms with van der Waals surface area (Å²) in [7, 11) is 1.62. The normalized spacial score (nSPS) is 10.6. The molecule has 0 atom stereocenters. The first-order valence-corrected chi connectivity index (χ1v) is 8.59. The number of ether oxygens (including phenoxy) is 1. The van der Waals surface area contributed by atoms with Crippen molar-refractivity contribution < 1.29 is 17.9 Å². The van der Waals surface area contributed by atoms with Gasteiger partial charge in [-0.1, -0.05) is 12.1 Å². The first-order chi connectivity index (χ1) is 13.5. The molecule has 3 rings (SSSR count). The molecule has 28 heavy (non-hydrogen) atoms. The number of methoxy groups -OCH3 is 1. The van der Waals surface area contributed by atoms with Crippen LogP contribution in [0.25, 0.3) is 0 Å². The SMILES string of the molecule is COc1cccc(CCNc2cc(Nc3ccc(F)c(F)c3F)nc(C)n2)c1. The van der Waals surface area contributed by atoms with Crippen molar-refractivity contribution in [3.63, 3.8) is 0 Å². The molecule has 1 aromatic heterocycles. The highest BCUT2D eigenvalue weighted by atomic mass is 19.2. The molecule has 146 valence electrons. The Kier molecular flexibility index (Phi) is 5.98. The predicted octanol–water partition coefficient (Wildman–Crippen LogP) is 4.61. The maximum absolute atomic E-state index is 13.9. The Bertz CT molecular complexity index is 982. The topological polar surface area (TPSA) is 59.1 Å². The van der Waals surface area contributed by atoms with Crippen LogP contribution in [0, 0.1) is 24.4 Å². The van der Waals surface area contributed by atoms with Gasteiger partial charge in [0, 0.05) is 12.6 Å². The number of nitrogens with zero attached hydrogens (tertiary/aromatic N) is 2. The molecule has 2 N–H and O–H groups in total. The molecule has 0 saturated carbocycles. The van der Waals surface area contributed by atoms with E-state index in [1.165, 1.54) is 0 Å². The summed E-state index contributed by atoms with van der Waals surface area (Å²) in [5, 5.41) is 5.83. The smallest absolute Gasteiger partial charge is 0.196 e. The molecule has 5 nitrogen and oxygen atoms in total. The minimum atomic E-state index is -1.53. The van der Waals surface area contributed by atoms with Crippen LogP contribution >= 0.6 is 0 Å². The molecular weight excluding hydrogens is 369 g/mol. The molecule has 0 spiro atoms. The summed E-state index contributed by atoms with van der Waals surface area (Å²) in [5.41, 5.74) is 0.888. The Hall–Kier alpha value is -3.29. The summed E-state index contributed by atoms with van der Waals surface area (Å²) in [6.07, 6.45) is 0.737. The predicted molar refractivity (Wildman–Crippen MR) is 102 cm³/mol. The number of hydrogen-bond acceptors (Lipinski definition) is 5. The number of benzene rings is 2. The third-order valence-electron chi connectivity index (χ3n) is 3.99. The standard InChI is InChI=1S/C20H19F3N4O/c1-12-25-17(24-9-8-13-4-3-5-14(10-13)28-2)11-18(26-12)27-16-7-6-15(21)19(22)20(16)23/h3-7,10-11H,8-9H2,1-2H3,(H2,24,25,26,27). The molecule has 0 saturated heterocycles. The van der Waals surface area contributed by atoms with Gasteiger partial charge in [-0.15, -0.1) is 0 Å². The van der Waals surface area contributed by atoms with Crippen molar-refractivity contribution in [3.05, 3.63) is 71.3 Å². The third kappa shape index (κ3) is 4.70. The molecule has 0 aliphatic heterocycles. The van der Waals surface area contributed by atoms with Crippen LogP contribution in [0.15, 0.2) is 42.5 Å². The summed E-state index contributed by atoms with van der Waals surface area (Å²) >= 11 is 0. The lowest BCUT2D eigenvalue weighted by atomic mass is 10.1. The summed E-state index contributed by atoms with van der Waals surface area (Å²) in [6.45, 7) is 2.28. The highest BCUT2D eigenvalue weighted by Gasteiger charge is 2.14. The molecular formula is C20H19F3N4O. The lowest BCUT2D eigenvalue weighted by Gasteiger charge is -2.11. The zero-order chi connectivity index (χ0) is 20.1. The monoisotopic (exact) mass is 388 g/mol. The van der Waals surface area contributed by atoms with Crippen molar-refractivity contribution >= 4 is 17.3 Å². The average molecular weight is 388 g/mol. The van der Waals surface area contributed by atoms with E-state index in [4.69, 9.17) is 4.74 Å². The average Bonchev–Trinajstić information content (AvgIpc) is 2.68. The van der Waals surface area contributed by atoms with Crippen LogP contribution in [0.1, 0.15) is 11.4 Å². The van der Waals surface area contributed by atoms with Crippen molar-refractivity contribution in [1.82, 2.24) is 9.97 Å². The van der Waals surface area contributed by atoms with Crippen molar-refractivity contribution in [2.45, 2.75) is 13.3 Å². The van der Waals surface area contributed by atoms with E-state index in [0.29, 0.717) is 18.2 Å². The molecule has 0 bridgehead atoms. The van der Waals surface area contributed by atoms with E-state index < -0.39 is 17.5 Å². The van der Waals surface area contributed by atoms with Gasteiger partial charge in [0.1, 0.15) is 23.2 Å². The van der Waals surface area contributed by atoms with Gasteiger partial charge in [0.05, 0.1) is 12.8 Å². The molecule has 1 heterocycles. The molecule has 3 aromatic rings. The maximum Gasteiger partial charge on any atom is 0.196 e. The molecule has 0 aliphatic rings. The Balaban J connectivity index is 1.68. The van der Waals surface area contributed by atoms with Gasteiger partial charge in [-0.2, -0.15) is 0 Å². The van der Waals surface area contributed by atoms with Gasteiger partial charge >= 0.3 is 0 Å². The summed E-state index contributed by atoms with van der Waals surface area (Å²) in [6, 6.07) is 11.3. The fraction of sp³-hybridized carbons (Fsp3) is 0.200. The van der Waals surface area contributed by atoms with E-state index >= 15 is 0 Å². The van der Waals surface area contributed by atoms with E-state index in [1.807, 2.05) is 24.3 Å². The zero-order valence-electron chi connectivity index (χ0n) is 15.4. The minimum Gasteiger partial charge on any atom is -0.497 e. The van der Waals surface area contributed by atoms with Crippen molar-refractivity contribution in [2.24, 2.45) is 0 Å². The molecule has 0 aliphatic carbocycles. The van der Waals surface area contributed by atoms with E-state index in [9.17, 15) is 13.2 Å². The van der Waals surface area contributed by atoms with Gasteiger partial charge in [0.2, 0.25) is 0 Å². The Labute approximate surface area is 160 Å². The number of nitrogens with one attached hydrogen (secondary N) is 2. The molecule has 0 amide bonds. The lowest BCUT2D eigenvalue weighted by Crippen LogP contribution is -2.09. The minimum absolute atomic E-state index is 0.209. The van der Waals surface area contributed by atoms with Gasteiger partial charge in [0.15, 0.2) is 17.5 Å². The second-order valence-corrected chi connectivity index (χ2v) is 6.06. The number of aryl methyl sites for hydroxylation is 1. The van der Waals surface area contributed by atoms with E-state index in [1.54, 1.807) is 20.1 Å². The van der Waals surface area contributed by atoms with Gasteiger partial charge in [-0.05, 0) is 43.2 Å². The van der Waals surface area contributed by atoms with Gasteiger partial charge in [-0.3, -0.25) is 0 Å². The second kappa shape index (κ2) is 8.60. The van der Waals surface area contributed by atoms with Crippen LogP contribution in [0.2, 0.25) is 0 Å². The van der Waals surface area contributed by atoms with Crippen molar-refractivity contribution in [1.29, 1.82) is 0 Å². The van der Waals surface area contributed by atoms with Crippen LogP contribution in [0.3, 0.4) is 0 Å². The molecule has 0 fully saturated rings. The molecule has 0 radical (unpaired) electrons. The van der Waals surface area contributed by atoms with Crippen LogP contribution in [-0.4, -0.2) is 23.6 Å². The molecule has 2 aromatic carbocycles. The van der Waals surface area contributed by atoms with Gasteiger partial charge < -0.3 is 15.4 Å². The van der Waals surface area contributed by atoms with Crippen LogP contribution in [0.5, 0.6) is 5.75 Å². The summed E-state index contributed by atoms with van der Waals surface area (Å²) in [5.74, 6) is -2.06. The maximum atomic E-state index is 13.9. The second-order valence-electron chi connectivity index (χ2n) is 6.06. The highest BCUT2D eigenvalue weighted by Crippen LogP contribution is 2.23. The van der Waals surface area contributed by atoms with Crippen LogP contribution < -0.4 is 15.4 Å². The van der Waals surface area contributed by atoms with E-state index in [2.05, 4.69) is 20.6 Å². The fourth-order valence-electron chi connectivity index (χ4n) is 2.65. The summed E-state index contributed by atoms with van der Waals surface area (Å²) in [4.78, 5) is 8.43.